The molecule has 1 atom stereocenters. The van der Waals surface area contributed by atoms with Crippen LogP contribution < -0.4 is 5.32 Å². The number of rotatable bonds is 6. The van der Waals surface area contributed by atoms with E-state index >= 15 is 0 Å². The number of nitrogens with one attached hydrogen (secondary N) is 1. The summed E-state index contributed by atoms with van der Waals surface area (Å²) in [5, 5.41) is 14.4. The Morgan fingerprint density at radius 3 is 2.76 bits per heavy atom. The molecule has 2 N–H and O–H groups in total. The lowest BCUT2D eigenvalue weighted by molar-refractivity contribution is -0.138. The smallest absolute Gasteiger partial charge is 0.321 e. The fourth-order valence-electron chi connectivity index (χ4n) is 1.30. The number of carbonyl (C=O) groups is 1. The van der Waals surface area contributed by atoms with E-state index in [2.05, 4.69) is 10.5 Å². The summed E-state index contributed by atoms with van der Waals surface area (Å²) in [7, 11) is 1.62. The normalized spacial score (nSPS) is 12.1. The molecule has 0 fully saturated rings. The number of aryl methyl sites for hydroxylation is 1. The summed E-state index contributed by atoms with van der Waals surface area (Å²) in [6.45, 7) is 1.87. The van der Waals surface area contributed by atoms with Crippen molar-refractivity contribution >= 4 is 23.4 Å². The number of hydrogen-bond acceptors (Lipinski definition) is 5. The molecule has 1 aromatic carbocycles. The van der Waals surface area contributed by atoms with Gasteiger partial charge in [0.2, 0.25) is 0 Å². The Morgan fingerprint density at radius 1 is 1.59 bits per heavy atom. The predicted molar refractivity (Wildman–Crippen MR) is 67.8 cm³/mol. The lowest BCUT2D eigenvalue weighted by Gasteiger charge is -2.11. The number of carboxylic acid groups (broad SMARTS) is 1. The Hall–Kier alpha value is -1.40. The van der Waals surface area contributed by atoms with E-state index < -0.39 is 12.0 Å². The standard InChI is InChI=1S/C11H14N2O3S/c1-7-5-8(13-16)3-4-10(7)17-6-9(12-2)11(14)15/h3-5,9,12H,6H2,1-2H3,(H,14,15). The number of hydrogen-bond donors (Lipinski definition) is 2. The van der Waals surface area contributed by atoms with Crippen molar-refractivity contribution in [3.8, 4) is 0 Å². The van der Waals surface area contributed by atoms with Gasteiger partial charge in [-0.3, -0.25) is 4.79 Å². The third-order valence-corrected chi connectivity index (χ3v) is 3.59. The first-order valence-electron chi connectivity index (χ1n) is 5.05. The van der Waals surface area contributed by atoms with Gasteiger partial charge in [-0.15, -0.1) is 16.7 Å². The molecule has 0 bridgehead atoms. The number of likely N-dealkylation sites (N-methyl/N-ethyl adjacent to an activating group) is 1. The van der Waals surface area contributed by atoms with Crippen molar-refractivity contribution < 1.29 is 9.90 Å². The second-order valence-corrected chi connectivity index (χ2v) is 4.59. The van der Waals surface area contributed by atoms with Crippen LogP contribution in [0.1, 0.15) is 5.56 Å². The summed E-state index contributed by atoms with van der Waals surface area (Å²) >= 11 is 1.44. The maximum Gasteiger partial charge on any atom is 0.321 e. The van der Waals surface area contributed by atoms with Gasteiger partial charge in [-0.25, -0.2) is 0 Å². The third kappa shape index (κ3) is 3.83. The summed E-state index contributed by atoms with van der Waals surface area (Å²) in [6, 6.07) is 4.51. The zero-order valence-electron chi connectivity index (χ0n) is 9.64. The van der Waals surface area contributed by atoms with Gasteiger partial charge in [0.05, 0.1) is 0 Å². The SMILES string of the molecule is CNC(CSc1ccc(N=O)cc1C)C(=O)O. The zero-order chi connectivity index (χ0) is 12.8. The van der Waals surface area contributed by atoms with E-state index in [9.17, 15) is 9.70 Å². The molecule has 0 amide bonds. The predicted octanol–water partition coefficient (Wildman–Crippen LogP) is 2.16. The molecule has 6 heteroatoms. The highest BCUT2D eigenvalue weighted by Gasteiger charge is 2.15. The van der Waals surface area contributed by atoms with Crippen LogP contribution in [0.4, 0.5) is 5.69 Å². The molecule has 0 saturated heterocycles. The Labute approximate surface area is 104 Å². The van der Waals surface area contributed by atoms with Crippen LogP contribution in [0.2, 0.25) is 0 Å². The summed E-state index contributed by atoms with van der Waals surface area (Å²) in [6.07, 6.45) is 0. The largest absolute Gasteiger partial charge is 0.480 e. The third-order valence-electron chi connectivity index (χ3n) is 2.32. The maximum atomic E-state index is 10.8. The molecule has 92 valence electrons. The Bertz CT molecular complexity index is 423. The van der Waals surface area contributed by atoms with Gasteiger partial charge in [-0.2, -0.15) is 0 Å². The minimum absolute atomic E-state index is 0.384. The second-order valence-electron chi connectivity index (χ2n) is 3.53. The van der Waals surface area contributed by atoms with Crippen LogP contribution in [0.15, 0.2) is 28.3 Å². The van der Waals surface area contributed by atoms with Crippen molar-refractivity contribution in [3.05, 3.63) is 28.7 Å². The summed E-state index contributed by atoms with van der Waals surface area (Å²) in [4.78, 5) is 22.1. The maximum absolute atomic E-state index is 10.8. The molecule has 0 radical (unpaired) electrons. The van der Waals surface area contributed by atoms with Crippen molar-refractivity contribution in [1.29, 1.82) is 0 Å². The van der Waals surface area contributed by atoms with E-state index in [4.69, 9.17) is 5.11 Å². The molecule has 0 aliphatic rings. The number of aliphatic carboxylic acids is 1. The van der Waals surface area contributed by atoms with E-state index in [1.165, 1.54) is 11.8 Å². The lowest BCUT2D eigenvalue weighted by Crippen LogP contribution is -2.35. The fraction of sp³-hybridized carbons (Fsp3) is 0.364. The monoisotopic (exact) mass is 254 g/mol. The molecule has 0 heterocycles. The minimum Gasteiger partial charge on any atom is -0.480 e. The molecule has 0 spiro atoms. The Balaban J connectivity index is 2.69. The second kappa shape index (κ2) is 6.36. The number of benzene rings is 1. The number of carboxylic acids is 1. The molecule has 1 unspecified atom stereocenters. The summed E-state index contributed by atoms with van der Waals surface area (Å²) in [5.41, 5.74) is 1.31. The van der Waals surface area contributed by atoms with E-state index in [0.717, 1.165) is 10.5 Å². The average molecular weight is 254 g/mol. The number of nitroso groups, excluding NO2 is 1. The molecule has 1 rings (SSSR count). The first kappa shape index (κ1) is 13.7. The van der Waals surface area contributed by atoms with E-state index in [-0.39, 0.29) is 0 Å². The van der Waals surface area contributed by atoms with Crippen molar-refractivity contribution in [1.82, 2.24) is 5.32 Å². The Kier molecular flexibility index (Phi) is 5.11. The van der Waals surface area contributed by atoms with E-state index in [1.54, 1.807) is 25.2 Å². The zero-order valence-corrected chi connectivity index (χ0v) is 10.5. The molecule has 0 aromatic heterocycles. The van der Waals surface area contributed by atoms with Crippen LogP contribution in [0.3, 0.4) is 0 Å². The van der Waals surface area contributed by atoms with Crippen LogP contribution in [0.25, 0.3) is 0 Å². The molecule has 1 aromatic rings. The number of thioether (sulfide) groups is 1. The molecule has 0 aliphatic heterocycles. The van der Waals surface area contributed by atoms with Crippen LogP contribution >= 0.6 is 11.8 Å². The van der Waals surface area contributed by atoms with Gasteiger partial charge < -0.3 is 10.4 Å². The van der Waals surface area contributed by atoms with Crippen LogP contribution in [0.5, 0.6) is 0 Å². The quantitative estimate of drug-likeness (QED) is 0.600. The first-order chi connectivity index (χ1) is 8.08. The van der Waals surface area contributed by atoms with Crippen molar-refractivity contribution in [2.75, 3.05) is 12.8 Å². The van der Waals surface area contributed by atoms with Crippen molar-refractivity contribution in [2.24, 2.45) is 5.18 Å². The molecule has 5 nitrogen and oxygen atoms in total. The summed E-state index contributed by atoms with van der Waals surface area (Å²) < 4.78 is 0. The van der Waals surface area contributed by atoms with Gasteiger partial charge >= 0.3 is 5.97 Å². The van der Waals surface area contributed by atoms with Gasteiger partial charge in [0, 0.05) is 10.6 Å². The highest BCUT2D eigenvalue weighted by atomic mass is 32.2. The highest BCUT2D eigenvalue weighted by Crippen LogP contribution is 2.26. The van der Waals surface area contributed by atoms with Crippen molar-refractivity contribution in [3.63, 3.8) is 0 Å². The summed E-state index contributed by atoms with van der Waals surface area (Å²) in [5.74, 6) is -0.440. The molecule has 17 heavy (non-hydrogen) atoms. The average Bonchev–Trinajstić information content (AvgIpc) is 2.31. The van der Waals surface area contributed by atoms with Crippen molar-refractivity contribution in [2.45, 2.75) is 17.9 Å². The Morgan fingerprint density at radius 2 is 2.29 bits per heavy atom. The molecule has 0 aliphatic carbocycles. The minimum atomic E-state index is -0.871. The van der Waals surface area contributed by atoms with Gasteiger partial charge in [0.1, 0.15) is 11.7 Å². The van der Waals surface area contributed by atoms with E-state index in [0.29, 0.717) is 11.4 Å². The first-order valence-corrected chi connectivity index (χ1v) is 6.04. The highest BCUT2D eigenvalue weighted by molar-refractivity contribution is 7.99. The van der Waals surface area contributed by atoms with Gasteiger partial charge in [-0.1, -0.05) is 0 Å². The van der Waals surface area contributed by atoms with Gasteiger partial charge in [-0.05, 0) is 42.9 Å². The molecular formula is C11H14N2O3S. The number of nitrogens with zero attached hydrogens (tertiary/aromatic N) is 1. The van der Waals surface area contributed by atoms with Crippen LogP contribution in [-0.4, -0.2) is 29.9 Å². The molecular weight excluding hydrogens is 240 g/mol. The fourth-order valence-corrected chi connectivity index (χ4v) is 2.41. The van der Waals surface area contributed by atoms with Gasteiger partial charge in [0.15, 0.2) is 0 Å². The molecule has 0 saturated carbocycles. The van der Waals surface area contributed by atoms with E-state index in [1.807, 2.05) is 6.92 Å². The topological polar surface area (TPSA) is 78.8 Å². The lowest BCUT2D eigenvalue weighted by atomic mass is 10.2. The van der Waals surface area contributed by atoms with Crippen LogP contribution in [0, 0.1) is 11.8 Å². The van der Waals surface area contributed by atoms with Crippen LogP contribution in [-0.2, 0) is 4.79 Å². The van der Waals surface area contributed by atoms with Gasteiger partial charge in [0.25, 0.3) is 0 Å².